The molecule has 1 aliphatic rings. The molecule has 1 aromatic heterocycles. The van der Waals surface area contributed by atoms with Crippen LogP contribution in [0, 0.1) is 6.92 Å². The van der Waals surface area contributed by atoms with Crippen LogP contribution in [0.25, 0.3) is 10.2 Å². The van der Waals surface area contributed by atoms with E-state index in [2.05, 4.69) is 29.4 Å². The number of hydrogen-bond donors (Lipinski definition) is 1. The number of aryl methyl sites for hydroxylation is 1. The minimum atomic E-state index is -0.0168. The zero-order valence-electron chi connectivity index (χ0n) is 13.1. The van der Waals surface area contributed by atoms with E-state index in [1.165, 1.54) is 37.7 Å². The lowest BCUT2D eigenvalue weighted by Gasteiger charge is -2.23. The van der Waals surface area contributed by atoms with Crippen LogP contribution in [-0.2, 0) is 4.79 Å². The van der Waals surface area contributed by atoms with Crippen LogP contribution < -0.4 is 5.32 Å². The van der Waals surface area contributed by atoms with Gasteiger partial charge in [0.05, 0.1) is 15.5 Å². The highest BCUT2D eigenvalue weighted by atomic mass is 32.2. The highest BCUT2D eigenvalue weighted by Gasteiger charge is 2.22. The summed E-state index contributed by atoms with van der Waals surface area (Å²) in [6, 6.07) is 6.18. The fourth-order valence-corrected chi connectivity index (χ4v) is 5.18. The fraction of sp³-hybridized carbons (Fsp3) is 0.529. The molecule has 0 bridgehead atoms. The third-order valence-corrected chi connectivity index (χ3v) is 6.50. The van der Waals surface area contributed by atoms with E-state index in [-0.39, 0.29) is 11.2 Å². The van der Waals surface area contributed by atoms with Gasteiger partial charge in [-0.2, -0.15) is 0 Å². The van der Waals surface area contributed by atoms with Gasteiger partial charge in [-0.1, -0.05) is 36.7 Å². The van der Waals surface area contributed by atoms with E-state index in [0.717, 1.165) is 10.2 Å². The van der Waals surface area contributed by atoms with Gasteiger partial charge in [0.2, 0.25) is 5.91 Å². The third-order valence-electron chi connectivity index (χ3n) is 4.09. The van der Waals surface area contributed by atoms with Crippen LogP contribution >= 0.6 is 23.1 Å². The van der Waals surface area contributed by atoms with Gasteiger partial charge in [-0.05, 0) is 44.4 Å². The summed E-state index contributed by atoms with van der Waals surface area (Å²) in [5, 5.41) is 4.33. The molecule has 0 radical (unpaired) electrons. The second-order valence-electron chi connectivity index (χ2n) is 6.02. The second kappa shape index (κ2) is 7.01. The van der Waals surface area contributed by atoms with Crippen molar-refractivity contribution in [1.29, 1.82) is 0 Å². The van der Waals surface area contributed by atoms with Gasteiger partial charge >= 0.3 is 0 Å². The Morgan fingerprint density at radius 2 is 2.14 bits per heavy atom. The van der Waals surface area contributed by atoms with Crippen LogP contribution in [0.5, 0.6) is 0 Å². The number of rotatable bonds is 4. The van der Waals surface area contributed by atoms with E-state index >= 15 is 0 Å². The van der Waals surface area contributed by atoms with Crippen LogP contribution in [-0.4, -0.2) is 21.4 Å². The van der Waals surface area contributed by atoms with Gasteiger partial charge in [0, 0.05) is 5.25 Å². The Labute approximate surface area is 139 Å². The predicted molar refractivity (Wildman–Crippen MR) is 96.9 cm³/mol. The van der Waals surface area contributed by atoms with E-state index in [9.17, 15) is 4.79 Å². The summed E-state index contributed by atoms with van der Waals surface area (Å²) in [5.41, 5.74) is 2.17. The highest BCUT2D eigenvalue weighted by Crippen LogP contribution is 2.32. The predicted octanol–water partition coefficient (Wildman–Crippen LogP) is 5.00. The smallest absolute Gasteiger partial charge is 0.238 e. The van der Waals surface area contributed by atoms with Crippen LogP contribution in [0.3, 0.4) is 0 Å². The Hall–Kier alpha value is -1.07. The number of carbonyl (C=O) groups is 1. The lowest BCUT2D eigenvalue weighted by molar-refractivity contribution is -0.115. The first-order chi connectivity index (χ1) is 10.6. The number of aromatic nitrogens is 1. The second-order valence-corrected chi connectivity index (χ2v) is 8.69. The van der Waals surface area contributed by atoms with Gasteiger partial charge in [-0.3, -0.25) is 4.79 Å². The van der Waals surface area contributed by atoms with E-state index in [1.54, 1.807) is 11.3 Å². The molecule has 0 saturated heterocycles. The topological polar surface area (TPSA) is 42.0 Å². The Morgan fingerprint density at radius 1 is 1.36 bits per heavy atom. The monoisotopic (exact) mass is 334 g/mol. The molecular formula is C17H22N2OS2. The Morgan fingerprint density at radius 3 is 2.91 bits per heavy atom. The summed E-state index contributed by atoms with van der Waals surface area (Å²) in [6.07, 6.45) is 6.47. The molecule has 1 fully saturated rings. The summed E-state index contributed by atoms with van der Waals surface area (Å²) < 4.78 is 1.13. The van der Waals surface area contributed by atoms with Crippen molar-refractivity contribution in [1.82, 2.24) is 4.98 Å². The van der Waals surface area contributed by atoms with Crippen LogP contribution in [0.2, 0.25) is 0 Å². The van der Waals surface area contributed by atoms with Crippen LogP contribution in [0.1, 0.15) is 44.6 Å². The van der Waals surface area contributed by atoms with Gasteiger partial charge < -0.3 is 5.32 Å². The fourth-order valence-electron chi connectivity index (χ4n) is 2.84. The maximum absolute atomic E-state index is 12.4. The number of benzene rings is 1. The zero-order chi connectivity index (χ0) is 15.5. The maximum atomic E-state index is 12.4. The van der Waals surface area contributed by atoms with Crippen molar-refractivity contribution in [3.63, 3.8) is 0 Å². The molecule has 1 atom stereocenters. The van der Waals surface area contributed by atoms with E-state index in [1.807, 2.05) is 24.8 Å². The van der Waals surface area contributed by atoms with E-state index < -0.39 is 0 Å². The number of nitrogens with one attached hydrogen (secondary N) is 1. The Kier molecular flexibility index (Phi) is 5.03. The number of anilines is 1. The van der Waals surface area contributed by atoms with Crippen molar-refractivity contribution < 1.29 is 4.79 Å². The van der Waals surface area contributed by atoms with Crippen molar-refractivity contribution in [2.45, 2.75) is 56.5 Å². The minimum absolute atomic E-state index is 0.0168. The molecule has 1 unspecified atom stereocenters. The van der Waals surface area contributed by atoms with Crippen molar-refractivity contribution in [2.75, 3.05) is 5.32 Å². The molecule has 0 spiro atoms. The molecule has 3 rings (SSSR count). The van der Waals surface area contributed by atoms with Crippen molar-refractivity contribution in [3.8, 4) is 0 Å². The molecule has 1 aliphatic carbocycles. The van der Waals surface area contributed by atoms with E-state index in [0.29, 0.717) is 10.4 Å². The molecule has 1 N–H and O–H groups in total. The first-order valence-corrected chi connectivity index (χ1v) is 9.71. The number of thiazole rings is 1. The molecule has 22 heavy (non-hydrogen) atoms. The van der Waals surface area contributed by atoms with Crippen molar-refractivity contribution in [2.24, 2.45) is 0 Å². The number of hydrogen-bond acceptors (Lipinski definition) is 4. The maximum Gasteiger partial charge on any atom is 0.238 e. The molecule has 0 aliphatic heterocycles. The molecule has 1 saturated carbocycles. The summed E-state index contributed by atoms with van der Waals surface area (Å²) in [5.74, 6) is 0.0753. The number of nitrogens with zero attached hydrogens (tertiary/aromatic N) is 1. The van der Waals surface area contributed by atoms with Gasteiger partial charge in [0.1, 0.15) is 0 Å². The van der Waals surface area contributed by atoms with Gasteiger partial charge in [-0.25, -0.2) is 4.98 Å². The quantitative estimate of drug-likeness (QED) is 0.855. The molecule has 3 nitrogen and oxygen atoms in total. The van der Waals surface area contributed by atoms with Crippen molar-refractivity contribution >= 4 is 44.4 Å². The summed E-state index contributed by atoms with van der Waals surface area (Å²) >= 11 is 3.37. The van der Waals surface area contributed by atoms with Crippen molar-refractivity contribution in [3.05, 3.63) is 23.8 Å². The summed E-state index contributed by atoms with van der Waals surface area (Å²) in [4.78, 5) is 16.9. The van der Waals surface area contributed by atoms with Gasteiger partial charge in [0.25, 0.3) is 0 Å². The summed E-state index contributed by atoms with van der Waals surface area (Å²) in [6.45, 7) is 4.08. The van der Waals surface area contributed by atoms with Crippen LogP contribution in [0.15, 0.2) is 18.2 Å². The standard InChI is InChI=1S/C17H22N2OS2/c1-11-8-9-14-15(10-11)22-17(18-14)19-16(20)12(2)21-13-6-4-3-5-7-13/h8-10,12-13H,3-7H2,1-2H3,(H,18,19,20). The SMILES string of the molecule is Cc1ccc2nc(NC(=O)C(C)SC3CCCCC3)sc2c1. The highest BCUT2D eigenvalue weighted by molar-refractivity contribution is 8.01. The average Bonchev–Trinajstić information content (AvgIpc) is 2.89. The molecule has 1 amide bonds. The van der Waals surface area contributed by atoms with E-state index in [4.69, 9.17) is 0 Å². The minimum Gasteiger partial charge on any atom is -0.301 e. The summed E-state index contributed by atoms with van der Waals surface area (Å²) in [7, 11) is 0. The lowest BCUT2D eigenvalue weighted by atomic mass is 10.0. The molecule has 5 heteroatoms. The number of thioether (sulfide) groups is 1. The zero-order valence-corrected chi connectivity index (χ0v) is 14.7. The molecule has 1 heterocycles. The first-order valence-electron chi connectivity index (χ1n) is 7.95. The van der Waals surface area contributed by atoms with Crippen LogP contribution in [0.4, 0.5) is 5.13 Å². The number of fused-ring (bicyclic) bond motifs is 1. The van der Waals surface area contributed by atoms with Gasteiger partial charge in [0.15, 0.2) is 5.13 Å². The largest absolute Gasteiger partial charge is 0.301 e. The average molecular weight is 335 g/mol. The Bertz CT molecular complexity index is 662. The number of amides is 1. The lowest BCUT2D eigenvalue weighted by Crippen LogP contribution is -2.25. The van der Waals surface area contributed by atoms with Gasteiger partial charge in [-0.15, -0.1) is 11.8 Å². The molecule has 2 aromatic rings. The Balaban J connectivity index is 1.61. The third kappa shape index (κ3) is 3.82. The molecule has 1 aromatic carbocycles. The molecule has 118 valence electrons. The normalized spacial score (nSPS) is 17.5. The first kappa shape index (κ1) is 15.8. The number of carbonyl (C=O) groups excluding carboxylic acids is 1. The molecular weight excluding hydrogens is 312 g/mol.